The van der Waals surface area contributed by atoms with Gasteiger partial charge in [0.2, 0.25) is 0 Å². The Labute approximate surface area is 117 Å². The van der Waals surface area contributed by atoms with E-state index in [-0.39, 0.29) is 18.1 Å². The first-order chi connectivity index (χ1) is 9.19. The van der Waals surface area contributed by atoms with Gasteiger partial charge in [-0.3, -0.25) is 4.79 Å². The van der Waals surface area contributed by atoms with Crippen molar-refractivity contribution in [3.63, 3.8) is 0 Å². The lowest BCUT2D eigenvalue weighted by Gasteiger charge is -2.27. The molecule has 2 atom stereocenters. The van der Waals surface area contributed by atoms with Crippen LogP contribution < -0.4 is 11.1 Å². The largest absolute Gasteiger partial charge is 0.378 e. The lowest BCUT2D eigenvalue weighted by atomic mass is 10.0. The van der Waals surface area contributed by atoms with Gasteiger partial charge in [0, 0.05) is 18.0 Å². The zero-order valence-corrected chi connectivity index (χ0v) is 11.8. The van der Waals surface area contributed by atoms with E-state index in [9.17, 15) is 4.79 Å². The van der Waals surface area contributed by atoms with Gasteiger partial charge in [0.25, 0.3) is 5.91 Å². The summed E-state index contributed by atoms with van der Waals surface area (Å²) in [7, 11) is 0. The fourth-order valence-corrected chi connectivity index (χ4v) is 2.81. The number of nitrogens with two attached hydrogens (primary N) is 1. The van der Waals surface area contributed by atoms with E-state index in [0.29, 0.717) is 18.7 Å². The maximum atomic E-state index is 12.1. The molecule has 1 aliphatic heterocycles. The molecule has 19 heavy (non-hydrogen) atoms. The molecule has 0 aromatic carbocycles. The zero-order valence-electron chi connectivity index (χ0n) is 10.9. The first-order valence-corrected chi connectivity index (χ1v) is 7.27. The second-order valence-electron chi connectivity index (χ2n) is 4.58. The summed E-state index contributed by atoms with van der Waals surface area (Å²) in [5.74, 6) is 5.69. The van der Waals surface area contributed by atoms with Crippen molar-refractivity contribution < 1.29 is 9.53 Å². The smallest absolute Gasteiger partial charge is 0.252 e. The third-order valence-electron chi connectivity index (χ3n) is 3.00. The van der Waals surface area contributed by atoms with Gasteiger partial charge in [-0.1, -0.05) is 11.8 Å². The minimum atomic E-state index is -0.0313. The summed E-state index contributed by atoms with van der Waals surface area (Å²) in [6.45, 7) is 3.08. The first-order valence-electron chi connectivity index (χ1n) is 6.39. The molecule has 1 saturated heterocycles. The SMILES string of the molecule is CC1CC(NC(=O)c2csc(C#CCN)c2)CCO1. The van der Waals surface area contributed by atoms with Gasteiger partial charge < -0.3 is 15.8 Å². The maximum absolute atomic E-state index is 12.1. The molecule has 1 aromatic heterocycles. The van der Waals surface area contributed by atoms with Crippen LogP contribution in [0, 0.1) is 11.8 Å². The number of ether oxygens (including phenoxy) is 1. The molecule has 2 rings (SSSR count). The second kappa shape index (κ2) is 6.71. The van der Waals surface area contributed by atoms with Crippen molar-refractivity contribution in [3.8, 4) is 11.8 Å². The van der Waals surface area contributed by atoms with Gasteiger partial charge in [0.1, 0.15) is 0 Å². The minimum Gasteiger partial charge on any atom is -0.378 e. The van der Waals surface area contributed by atoms with E-state index in [1.54, 1.807) is 0 Å². The summed E-state index contributed by atoms with van der Waals surface area (Å²) >= 11 is 1.47. The highest BCUT2D eigenvalue weighted by molar-refractivity contribution is 7.10. The quantitative estimate of drug-likeness (QED) is 0.803. The number of nitrogens with one attached hydrogen (secondary N) is 1. The van der Waals surface area contributed by atoms with Gasteiger partial charge in [-0.2, -0.15) is 0 Å². The highest BCUT2D eigenvalue weighted by Crippen LogP contribution is 2.16. The molecule has 0 spiro atoms. The molecule has 0 aliphatic carbocycles. The molecule has 1 aromatic rings. The van der Waals surface area contributed by atoms with Crippen molar-refractivity contribution in [2.75, 3.05) is 13.2 Å². The molecule has 0 bridgehead atoms. The van der Waals surface area contributed by atoms with Crippen LogP contribution in [-0.2, 0) is 4.74 Å². The Morgan fingerprint density at radius 3 is 3.26 bits per heavy atom. The molecule has 3 N–H and O–H groups in total. The average molecular weight is 278 g/mol. The van der Waals surface area contributed by atoms with E-state index < -0.39 is 0 Å². The van der Waals surface area contributed by atoms with Crippen LogP contribution in [-0.4, -0.2) is 31.2 Å². The molecule has 2 unspecified atom stereocenters. The van der Waals surface area contributed by atoms with Gasteiger partial charge in [-0.05, 0) is 25.8 Å². The Morgan fingerprint density at radius 2 is 2.53 bits per heavy atom. The van der Waals surface area contributed by atoms with Crippen LogP contribution in [0.3, 0.4) is 0 Å². The lowest BCUT2D eigenvalue weighted by molar-refractivity contribution is 0.0136. The molecule has 1 fully saturated rings. The molecule has 1 amide bonds. The van der Waals surface area contributed by atoms with E-state index in [2.05, 4.69) is 17.2 Å². The molecule has 1 aliphatic rings. The zero-order chi connectivity index (χ0) is 13.7. The van der Waals surface area contributed by atoms with Gasteiger partial charge in [0.05, 0.1) is 23.1 Å². The van der Waals surface area contributed by atoms with Crippen LogP contribution in [0.25, 0.3) is 0 Å². The van der Waals surface area contributed by atoms with Crippen LogP contribution in [0.5, 0.6) is 0 Å². The number of thiophene rings is 1. The predicted molar refractivity (Wildman–Crippen MR) is 76.2 cm³/mol. The average Bonchev–Trinajstić information content (AvgIpc) is 2.85. The third-order valence-corrected chi connectivity index (χ3v) is 3.84. The highest BCUT2D eigenvalue weighted by atomic mass is 32.1. The van der Waals surface area contributed by atoms with Crippen molar-refractivity contribution in [3.05, 3.63) is 21.9 Å². The van der Waals surface area contributed by atoms with E-state index >= 15 is 0 Å². The number of hydrogen-bond acceptors (Lipinski definition) is 4. The molecule has 0 saturated carbocycles. The Kier molecular flexibility index (Phi) is 4.97. The molecule has 4 nitrogen and oxygen atoms in total. The van der Waals surface area contributed by atoms with Crippen LogP contribution in [0.2, 0.25) is 0 Å². The third kappa shape index (κ3) is 4.06. The molecule has 0 radical (unpaired) electrons. The predicted octanol–water partition coefficient (Wildman–Crippen LogP) is 1.36. The van der Waals surface area contributed by atoms with Gasteiger partial charge in [0.15, 0.2) is 0 Å². The van der Waals surface area contributed by atoms with Crippen molar-refractivity contribution >= 4 is 17.2 Å². The number of rotatable bonds is 2. The van der Waals surface area contributed by atoms with Crippen molar-refractivity contribution in [2.24, 2.45) is 5.73 Å². The molecule has 2 heterocycles. The van der Waals surface area contributed by atoms with Crippen molar-refractivity contribution in [2.45, 2.75) is 31.9 Å². The first kappa shape index (κ1) is 14.1. The van der Waals surface area contributed by atoms with Gasteiger partial charge >= 0.3 is 0 Å². The summed E-state index contributed by atoms with van der Waals surface area (Å²) in [6.07, 6.45) is 1.96. The van der Waals surface area contributed by atoms with Crippen LogP contribution in [0.15, 0.2) is 11.4 Å². The van der Waals surface area contributed by atoms with Crippen LogP contribution in [0.4, 0.5) is 0 Å². The second-order valence-corrected chi connectivity index (χ2v) is 5.49. The van der Waals surface area contributed by atoms with Gasteiger partial charge in [-0.15, -0.1) is 11.3 Å². The monoisotopic (exact) mass is 278 g/mol. The fourth-order valence-electron chi connectivity index (χ4n) is 2.06. The van der Waals surface area contributed by atoms with E-state index in [1.165, 1.54) is 11.3 Å². The van der Waals surface area contributed by atoms with E-state index in [0.717, 1.165) is 17.7 Å². The van der Waals surface area contributed by atoms with Crippen molar-refractivity contribution in [1.82, 2.24) is 5.32 Å². The summed E-state index contributed by atoms with van der Waals surface area (Å²) in [6, 6.07) is 2.01. The standard InChI is InChI=1S/C14H18N2O2S/c1-10-7-12(4-6-18-10)16-14(17)11-8-13(19-9-11)3-2-5-15/h8-10,12H,4-7,15H2,1H3,(H,16,17). The molecule has 5 heteroatoms. The molecular formula is C14H18N2O2S. The number of amides is 1. The lowest BCUT2D eigenvalue weighted by Crippen LogP contribution is -2.41. The Morgan fingerprint density at radius 1 is 1.68 bits per heavy atom. The maximum Gasteiger partial charge on any atom is 0.252 e. The van der Waals surface area contributed by atoms with Crippen molar-refractivity contribution in [1.29, 1.82) is 0 Å². The summed E-state index contributed by atoms with van der Waals surface area (Å²) < 4.78 is 5.46. The van der Waals surface area contributed by atoms with Gasteiger partial charge in [-0.25, -0.2) is 0 Å². The minimum absolute atomic E-state index is 0.0313. The summed E-state index contributed by atoms with van der Waals surface area (Å²) in [5.41, 5.74) is 5.99. The Hall–Kier alpha value is -1.35. The number of carbonyl (C=O) groups is 1. The van der Waals surface area contributed by atoms with E-state index in [4.69, 9.17) is 10.5 Å². The topological polar surface area (TPSA) is 64.4 Å². The molecular weight excluding hydrogens is 260 g/mol. The number of hydrogen-bond donors (Lipinski definition) is 2. The fraction of sp³-hybridized carbons (Fsp3) is 0.500. The Bertz CT molecular complexity index is 501. The van der Waals surface area contributed by atoms with Crippen LogP contribution >= 0.6 is 11.3 Å². The van der Waals surface area contributed by atoms with Crippen LogP contribution in [0.1, 0.15) is 35.0 Å². The highest BCUT2D eigenvalue weighted by Gasteiger charge is 2.21. The summed E-state index contributed by atoms with van der Waals surface area (Å²) in [5, 5.41) is 4.88. The summed E-state index contributed by atoms with van der Waals surface area (Å²) in [4.78, 5) is 13.0. The molecule has 102 valence electrons. The Balaban J connectivity index is 1.94. The van der Waals surface area contributed by atoms with E-state index in [1.807, 2.05) is 18.4 Å². The normalized spacial score (nSPS) is 22.4. The number of carbonyl (C=O) groups excluding carboxylic acids is 1.